The van der Waals surface area contributed by atoms with Gasteiger partial charge in [0.05, 0.1) is 41.8 Å². The van der Waals surface area contributed by atoms with Crippen LogP contribution in [0.4, 0.5) is 11.4 Å². The highest BCUT2D eigenvalue weighted by Crippen LogP contribution is 2.26. The Labute approximate surface area is 122 Å². The fourth-order valence-corrected chi connectivity index (χ4v) is 2.73. The lowest BCUT2D eigenvalue weighted by atomic mass is 10.1. The van der Waals surface area contributed by atoms with Gasteiger partial charge in [0.25, 0.3) is 0 Å². The molecule has 0 aliphatic carbocycles. The van der Waals surface area contributed by atoms with Gasteiger partial charge in [0, 0.05) is 11.9 Å². The Hall–Kier alpha value is -2.08. The number of methoxy groups -OCH3 is 1. The van der Waals surface area contributed by atoms with Crippen LogP contribution in [0.5, 0.6) is 0 Å². The minimum Gasteiger partial charge on any atom is -0.465 e. The zero-order valence-electron chi connectivity index (χ0n) is 11.7. The van der Waals surface area contributed by atoms with Gasteiger partial charge in [0.2, 0.25) is 0 Å². The molecule has 0 aliphatic heterocycles. The van der Waals surface area contributed by atoms with Gasteiger partial charge < -0.3 is 15.4 Å². The minimum absolute atomic E-state index is 0.367. The molecule has 0 saturated heterocycles. The first-order valence-corrected chi connectivity index (χ1v) is 6.99. The van der Waals surface area contributed by atoms with Crippen LogP contribution in [0.25, 0.3) is 0 Å². The van der Waals surface area contributed by atoms with Crippen LogP contribution in [-0.2, 0) is 11.3 Å². The van der Waals surface area contributed by atoms with Crippen molar-refractivity contribution in [2.75, 3.05) is 24.8 Å². The first-order chi connectivity index (χ1) is 9.52. The molecule has 1 heterocycles. The second-order valence-electron chi connectivity index (χ2n) is 4.48. The van der Waals surface area contributed by atoms with E-state index in [0.717, 1.165) is 11.4 Å². The second-order valence-corrected chi connectivity index (χ2v) is 5.42. The van der Waals surface area contributed by atoms with Gasteiger partial charge in [0.15, 0.2) is 0 Å². The van der Waals surface area contributed by atoms with E-state index in [2.05, 4.69) is 4.98 Å². The van der Waals surface area contributed by atoms with E-state index in [-0.39, 0.29) is 5.97 Å². The molecule has 0 radical (unpaired) electrons. The number of ether oxygens (including phenoxy) is 1. The smallest absolute Gasteiger partial charge is 0.337 e. The molecule has 0 fully saturated rings. The molecule has 0 atom stereocenters. The van der Waals surface area contributed by atoms with Crippen molar-refractivity contribution in [2.24, 2.45) is 0 Å². The molecule has 2 aromatic rings. The SMILES string of the molecule is COC(=O)c1ccc(N)c(N(C)Cc2scnc2C)c1. The second kappa shape index (κ2) is 5.92. The number of nitrogens with two attached hydrogens (primary N) is 1. The summed E-state index contributed by atoms with van der Waals surface area (Å²) in [4.78, 5) is 19.0. The average Bonchev–Trinajstić information content (AvgIpc) is 2.83. The number of hydrogen-bond donors (Lipinski definition) is 1. The maximum Gasteiger partial charge on any atom is 0.337 e. The van der Waals surface area contributed by atoms with Gasteiger partial charge in [-0.2, -0.15) is 0 Å². The Bertz CT molecular complexity index is 625. The summed E-state index contributed by atoms with van der Waals surface area (Å²) in [6.07, 6.45) is 0. The largest absolute Gasteiger partial charge is 0.465 e. The summed E-state index contributed by atoms with van der Waals surface area (Å²) in [5, 5.41) is 0. The average molecular weight is 291 g/mol. The van der Waals surface area contributed by atoms with E-state index in [9.17, 15) is 4.79 Å². The maximum absolute atomic E-state index is 11.6. The van der Waals surface area contributed by atoms with Crippen molar-refractivity contribution in [2.45, 2.75) is 13.5 Å². The number of thiazole rings is 1. The summed E-state index contributed by atoms with van der Waals surface area (Å²) in [7, 11) is 3.30. The molecule has 0 unspecified atom stereocenters. The maximum atomic E-state index is 11.6. The van der Waals surface area contributed by atoms with Crippen LogP contribution >= 0.6 is 11.3 Å². The van der Waals surface area contributed by atoms with Crippen LogP contribution in [0, 0.1) is 6.92 Å². The van der Waals surface area contributed by atoms with Crippen molar-refractivity contribution >= 4 is 28.7 Å². The zero-order chi connectivity index (χ0) is 14.7. The predicted molar refractivity (Wildman–Crippen MR) is 81.2 cm³/mol. The number of carbonyl (C=O) groups is 1. The van der Waals surface area contributed by atoms with Gasteiger partial charge >= 0.3 is 5.97 Å². The molecular weight excluding hydrogens is 274 g/mol. The van der Waals surface area contributed by atoms with E-state index in [1.54, 1.807) is 29.5 Å². The molecule has 20 heavy (non-hydrogen) atoms. The Balaban J connectivity index is 2.27. The highest BCUT2D eigenvalue weighted by Gasteiger charge is 2.13. The summed E-state index contributed by atoms with van der Waals surface area (Å²) >= 11 is 1.61. The number of anilines is 2. The number of carbonyl (C=O) groups excluding carboxylic acids is 1. The van der Waals surface area contributed by atoms with Gasteiger partial charge in [-0.3, -0.25) is 0 Å². The van der Waals surface area contributed by atoms with Crippen LogP contribution in [0.3, 0.4) is 0 Å². The predicted octanol–water partition coefficient (Wildman–Crippen LogP) is 2.46. The fraction of sp³-hybridized carbons (Fsp3) is 0.286. The monoisotopic (exact) mass is 291 g/mol. The number of nitrogen functional groups attached to an aromatic ring is 1. The summed E-state index contributed by atoms with van der Waals surface area (Å²) in [5.74, 6) is -0.367. The molecule has 1 aromatic heterocycles. The highest BCUT2D eigenvalue weighted by molar-refractivity contribution is 7.09. The number of rotatable bonds is 4. The van der Waals surface area contributed by atoms with Gasteiger partial charge in [-0.05, 0) is 25.1 Å². The molecule has 0 spiro atoms. The third-order valence-corrected chi connectivity index (χ3v) is 4.01. The summed E-state index contributed by atoms with van der Waals surface area (Å²) < 4.78 is 4.73. The van der Waals surface area contributed by atoms with Crippen molar-refractivity contribution < 1.29 is 9.53 Å². The molecule has 1 aromatic carbocycles. The topological polar surface area (TPSA) is 68.5 Å². The zero-order valence-corrected chi connectivity index (χ0v) is 12.5. The van der Waals surface area contributed by atoms with Crippen molar-refractivity contribution in [3.8, 4) is 0 Å². The van der Waals surface area contributed by atoms with E-state index in [0.29, 0.717) is 17.8 Å². The third-order valence-electron chi connectivity index (χ3n) is 3.09. The first-order valence-electron chi connectivity index (χ1n) is 6.11. The van der Waals surface area contributed by atoms with Gasteiger partial charge in [-0.1, -0.05) is 0 Å². The number of aryl methyl sites for hydroxylation is 1. The summed E-state index contributed by atoms with van der Waals surface area (Å²) in [6, 6.07) is 5.13. The van der Waals surface area contributed by atoms with Crippen LogP contribution < -0.4 is 10.6 Å². The van der Waals surface area contributed by atoms with E-state index >= 15 is 0 Å². The molecule has 0 bridgehead atoms. The van der Waals surface area contributed by atoms with Crippen LogP contribution in [0.2, 0.25) is 0 Å². The molecule has 2 N–H and O–H groups in total. The van der Waals surface area contributed by atoms with Crippen LogP contribution in [0.1, 0.15) is 20.9 Å². The molecule has 2 rings (SSSR count). The van der Waals surface area contributed by atoms with Crippen molar-refractivity contribution in [3.05, 3.63) is 39.8 Å². The van der Waals surface area contributed by atoms with Gasteiger partial charge in [0.1, 0.15) is 0 Å². The molecule has 0 saturated carbocycles. The van der Waals surface area contributed by atoms with E-state index in [4.69, 9.17) is 10.5 Å². The summed E-state index contributed by atoms with van der Waals surface area (Å²) in [5.41, 5.74) is 10.8. The van der Waals surface area contributed by atoms with Crippen molar-refractivity contribution in [3.63, 3.8) is 0 Å². The van der Waals surface area contributed by atoms with E-state index < -0.39 is 0 Å². The van der Waals surface area contributed by atoms with Crippen molar-refractivity contribution in [1.29, 1.82) is 0 Å². The minimum atomic E-state index is -0.367. The first kappa shape index (κ1) is 14.3. The lowest BCUT2D eigenvalue weighted by molar-refractivity contribution is 0.0601. The number of benzene rings is 1. The Morgan fingerprint density at radius 1 is 1.50 bits per heavy atom. The Morgan fingerprint density at radius 3 is 2.85 bits per heavy atom. The molecule has 106 valence electrons. The molecular formula is C14H17N3O2S. The number of hydrogen-bond acceptors (Lipinski definition) is 6. The van der Waals surface area contributed by atoms with Gasteiger partial charge in [-0.25, -0.2) is 9.78 Å². The number of nitrogens with zero attached hydrogens (tertiary/aromatic N) is 2. The normalized spacial score (nSPS) is 10.3. The number of esters is 1. The van der Waals surface area contributed by atoms with Gasteiger partial charge in [-0.15, -0.1) is 11.3 Å². The Morgan fingerprint density at radius 2 is 2.25 bits per heavy atom. The van der Waals surface area contributed by atoms with Crippen molar-refractivity contribution in [1.82, 2.24) is 4.98 Å². The highest BCUT2D eigenvalue weighted by atomic mass is 32.1. The summed E-state index contributed by atoms with van der Waals surface area (Å²) in [6.45, 7) is 2.68. The molecule has 6 heteroatoms. The van der Waals surface area contributed by atoms with Crippen LogP contribution in [0.15, 0.2) is 23.7 Å². The lowest BCUT2D eigenvalue weighted by Gasteiger charge is -2.21. The Kier molecular flexibility index (Phi) is 4.24. The molecule has 0 amide bonds. The number of aromatic nitrogens is 1. The van der Waals surface area contributed by atoms with E-state index in [1.807, 2.05) is 24.4 Å². The molecule has 0 aliphatic rings. The standard InChI is InChI=1S/C14H17N3O2S/c1-9-13(20-8-16-9)7-17(2)12-6-10(14(18)19-3)4-5-11(12)15/h4-6,8H,7,15H2,1-3H3. The quantitative estimate of drug-likeness (QED) is 0.692. The fourth-order valence-electron chi connectivity index (χ4n) is 1.90. The van der Waals surface area contributed by atoms with E-state index in [1.165, 1.54) is 12.0 Å². The third kappa shape index (κ3) is 2.91. The molecule has 5 nitrogen and oxygen atoms in total. The lowest BCUT2D eigenvalue weighted by Crippen LogP contribution is -2.18. The van der Waals surface area contributed by atoms with Crippen LogP contribution in [-0.4, -0.2) is 25.1 Å².